The number of hydrogen-bond donors (Lipinski definition) is 1. The lowest BCUT2D eigenvalue weighted by Gasteiger charge is -2.35. The van der Waals surface area contributed by atoms with Crippen molar-refractivity contribution in [3.8, 4) is 22.3 Å². The van der Waals surface area contributed by atoms with Crippen molar-refractivity contribution in [2.24, 2.45) is 5.92 Å². The van der Waals surface area contributed by atoms with Gasteiger partial charge in [-0.15, -0.1) is 0 Å². The van der Waals surface area contributed by atoms with Gasteiger partial charge in [0.05, 0.1) is 25.7 Å². The lowest BCUT2D eigenvalue weighted by molar-refractivity contribution is -0.113. The number of aromatic nitrogens is 5. The number of nitrogens with one attached hydrogen (secondary N) is 1. The number of pyridine rings is 1. The average Bonchev–Trinajstić information content (AvgIpc) is 3.38. The molecule has 0 unspecified atom stereocenters. The van der Waals surface area contributed by atoms with E-state index >= 15 is 0 Å². The molecule has 6 nitrogen and oxygen atoms in total. The molecule has 5 rings (SSSR count). The van der Waals surface area contributed by atoms with E-state index in [2.05, 4.69) is 20.3 Å². The van der Waals surface area contributed by atoms with Crippen molar-refractivity contribution in [1.82, 2.24) is 24.9 Å². The highest BCUT2D eigenvalue weighted by Gasteiger charge is 2.45. The predicted octanol–water partition coefficient (Wildman–Crippen LogP) is 4.74. The minimum absolute atomic E-state index is 0.475. The summed E-state index contributed by atoms with van der Waals surface area (Å²) in [6.45, 7) is 1.62. The van der Waals surface area contributed by atoms with Crippen LogP contribution in [0.2, 0.25) is 0 Å². The third kappa shape index (κ3) is 2.71. The van der Waals surface area contributed by atoms with Crippen molar-refractivity contribution in [2.45, 2.75) is 39.1 Å². The van der Waals surface area contributed by atoms with Gasteiger partial charge >= 0.3 is 0 Å². The van der Waals surface area contributed by atoms with Gasteiger partial charge in [0.25, 0.3) is 0 Å². The molecule has 0 bridgehead atoms. The molecule has 1 aliphatic rings. The van der Waals surface area contributed by atoms with E-state index in [9.17, 15) is 8.78 Å². The third-order valence-electron chi connectivity index (χ3n) is 5.18. The molecule has 0 radical (unpaired) electrons. The molecule has 4 aromatic heterocycles. The molecule has 1 N–H and O–H groups in total. The fourth-order valence-corrected chi connectivity index (χ4v) is 3.80. The van der Waals surface area contributed by atoms with Crippen molar-refractivity contribution < 1.29 is 16.0 Å². The molecule has 1 aliphatic carbocycles. The van der Waals surface area contributed by atoms with Gasteiger partial charge in [-0.2, -0.15) is 5.10 Å². The number of alkyl halides is 2. The largest absolute Gasteiger partial charge is 0.361 e. The van der Waals surface area contributed by atoms with Crippen LogP contribution in [-0.2, 0) is 6.50 Å². The number of nitrogens with zero attached hydrogens (tertiary/aromatic N) is 4. The molecule has 0 aromatic carbocycles. The Bertz CT molecular complexity index is 1220. The molecule has 1 saturated carbocycles. The van der Waals surface area contributed by atoms with Crippen LogP contribution in [0.4, 0.5) is 8.78 Å². The van der Waals surface area contributed by atoms with Crippen molar-refractivity contribution >= 4 is 11.0 Å². The van der Waals surface area contributed by atoms with Crippen molar-refractivity contribution in [3.63, 3.8) is 0 Å². The van der Waals surface area contributed by atoms with Crippen LogP contribution in [0, 0.1) is 19.8 Å². The van der Waals surface area contributed by atoms with Crippen LogP contribution in [0.5, 0.6) is 0 Å². The summed E-state index contributed by atoms with van der Waals surface area (Å²) in [7, 11) is 0. The molecule has 28 heavy (non-hydrogen) atoms. The summed E-state index contributed by atoms with van der Waals surface area (Å²) < 4.78 is 51.0. The molecule has 0 spiro atoms. The average molecular weight is 385 g/mol. The van der Waals surface area contributed by atoms with Crippen molar-refractivity contribution in [1.29, 1.82) is 0 Å². The Balaban J connectivity index is 1.71. The Morgan fingerprint density at radius 1 is 1.32 bits per heavy atom. The number of halogens is 2. The first kappa shape index (κ1) is 15.0. The van der Waals surface area contributed by atoms with Gasteiger partial charge in [-0.05, 0) is 25.8 Å². The van der Waals surface area contributed by atoms with Crippen LogP contribution in [0.1, 0.15) is 27.0 Å². The van der Waals surface area contributed by atoms with Gasteiger partial charge in [0.15, 0.2) is 0 Å². The normalized spacial score (nSPS) is 18.1. The minimum atomic E-state index is -2.81. The maximum absolute atomic E-state index is 13.5. The number of aromatic amines is 1. The summed E-state index contributed by atoms with van der Waals surface area (Å²) in [5.41, 5.74) is 4.73. The molecule has 144 valence electrons. The second kappa shape index (κ2) is 5.98. The van der Waals surface area contributed by atoms with E-state index in [-0.39, 0.29) is 0 Å². The Labute approximate surface area is 162 Å². The van der Waals surface area contributed by atoms with Crippen LogP contribution in [0.15, 0.2) is 35.4 Å². The Morgan fingerprint density at radius 2 is 2.14 bits per heavy atom. The fourth-order valence-electron chi connectivity index (χ4n) is 3.80. The molecule has 4 aromatic rings. The maximum Gasteiger partial charge on any atom is 0.248 e. The van der Waals surface area contributed by atoms with Gasteiger partial charge in [-0.1, -0.05) is 5.16 Å². The number of rotatable bonds is 4. The van der Waals surface area contributed by atoms with Crippen molar-refractivity contribution in [2.75, 3.05) is 0 Å². The molecular weight excluding hydrogens is 364 g/mol. The first-order valence-corrected chi connectivity index (χ1v) is 8.99. The SMILES string of the molecule is [2H]C([2H])(C1CC(F)(F)C1)n1cc(-c2cn[nH]c2)c2ncc(-c3c(C)noc3C)cc21. The molecular formula is C20H19F2N5O. The number of hydrogen-bond acceptors (Lipinski definition) is 4. The number of H-pyrrole nitrogens is 1. The molecule has 0 aliphatic heterocycles. The molecule has 8 heteroatoms. The van der Waals surface area contributed by atoms with E-state index in [1.54, 1.807) is 31.7 Å². The monoisotopic (exact) mass is 385 g/mol. The summed E-state index contributed by atoms with van der Waals surface area (Å²) in [6, 6.07) is 1.81. The molecule has 0 atom stereocenters. The van der Waals surface area contributed by atoms with Gasteiger partial charge in [0.1, 0.15) is 5.76 Å². The molecule has 1 fully saturated rings. The van der Waals surface area contributed by atoms with E-state index in [4.69, 9.17) is 7.26 Å². The summed E-state index contributed by atoms with van der Waals surface area (Å²) in [6.07, 6.45) is 5.69. The van der Waals surface area contributed by atoms with Crippen LogP contribution in [0.3, 0.4) is 0 Å². The third-order valence-corrected chi connectivity index (χ3v) is 5.18. The minimum Gasteiger partial charge on any atom is -0.361 e. The van der Waals surface area contributed by atoms with Gasteiger partial charge in [0.2, 0.25) is 5.92 Å². The van der Waals surface area contributed by atoms with Gasteiger partial charge in [-0.3, -0.25) is 10.1 Å². The lowest BCUT2D eigenvalue weighted by Crippen LogP contribution is -2.37. The molecule has 0 saturated heterocycles. The zero-order chi connectivity index (χ0) is 21.3. The lowest BCUT2D eigenvalue weighted by atomic mass is 9.81. The van der Waals surface area contributed by atoms with E-state index in [0.717, 1.165) is 16.7 Å². The first-order valence-electron chi connectivity index (χ1n) is 9.99. The highest BCUT2D eigenvalue weighted by molar-refractivity contribution is 5.94. The first-order chi connectivity index (χ1) is 14.2. The van der Waals surface area contributed by atoms with E-state index < -0.39 is 31.2 Å². The van der Waals surface area contributed by atoms with Crippen molar-refractivity contribution in [3.05, 3.63) is 42.3 Å². The summed E-state index contributed by atoms with van der Waals surface area (Å²) >= 11 is 0. The molecule has 4 heterocycles. The summed E-state index contributed by atoms with van der Waals surface area (Å²) in [5.74, 6) is -2.97. The summed E-state index contributed by atoms with van der Waals surface area (Å²) in [4.78, 5) is 4.59. The Hall–Kier alpha value is -3.03. The zero-order valence-corrected chi connectivity index (χ0v) is 15.3. The second-order valence-electron chi connectivity index (χ2n) is 7.28. The van der Waals surface area contributed by atoms with E-state index in [1.807, 2.05) is 13.0 Å². The number of aryl methyl sites for hydroxylation is 2. The number of fused-ring (bicyclic) bond motifs is 1. The van der Waals surface area contributed by atoms with E-state index in [1.165, 1.54) is 4.57 Å². The van der Waals surface area contributed by atoms with E-state index in [0.29, 0.717) is 28.1 Å². The fraction of sp³-hybridized carbons (Fsp3) is 0.350. The van der Waals surface area contributed by atoms with Crippen LogP contribution in [-0.4, -0.2) is 30.8 Å². The van der Waals surface area contributed by atoms with Crippen LogP contribution >= 0.6 is 0 Å². The Kier molecular flexibility index (Phi) is 3.20. The summed E-state index contributed by atoms with van der Waals surface area (Å²) in [5, 5.41) is 10.7. The van der Waals surface area contributed by atoms with Gasteiger partial charge in [0, 0.05) is 60.2 Å². The standard InChI is InChI=1S/C20H19F2N5O/c1-11-18(12(2)28-26-11)14-3-17-19(23-6-14)16(15-7-24-25-8-15)10-27(17)9-13-4-20(21,22)5-13/h3,6-8,10,13H,4-5,9H2,1-2H3,(H,24,25)/i9D2. The van der Waals surface area contributed by atoms with Crippen LogP contribution in [0.25, 0.3) is 33.3 Å². The second-order valence-corrected chi connectivity index (χ2v) is 7.28. The zero-order valence-electron chi connectivity index (χ0n) is 17.3. The predicted molar refractivity (Wildman–Crippen MR) is 100.0 cm³/mol. The highest BCUT2D eigenvalue weighted by atomic mass is 19.3. The molecule has 0 amide bonds. The maximum atomic E-state index is 13.5. The van der Waals surface area contributed by atoms with Gasteiger partial charge < -0.3 is 9.09 Å². The van der Waals surface area contributed by atoms with Crippen LogP contribution < -0.4 is 0 Å². The Morgan fingerprint density at radius 3 is 2.79 bits per heavy atom. The van der Waals surface area contributed by atoms with Gasteiger partial charge in [-0.25, -0.2) is 8.78 Å². The smallest absolute Gasteiger partial charge is 0.248 e. The quantitative estimate of drug-likeness (QED) is 0.551. The highest BCUT2D eigenvalue weighted by Crippen LogP contribution is 2.44. The topological polar surface area (TPSA) is 72.5 Å².